The molecule has 1 N–H and O–H groups in total. The fourth-order valence-electron chi connectivity index (χ4n) is 4.35. The molecule has 0 aliphatic carbocycles. The highest BCUT2D eigenvalue weighted by Crippen LogP contribution is 2.15. The Bertz CT molecular complexity index is 1110. The summed E-state index contributed by atoms with van der Waals surface area (Å²) < 4.78 is 27.3. The van der Waals surface area contributed by atoms with Gasteiger partial charge in [-0.25, -0.2) is 0 Å². The smallest absolute Gasteiger partial charge is 0.322 e. The maximum absolute atomic E-state index is 13.0. The molecule has 0 aromatic heterocycles. The molecule has 304 valence electrons. The van der Waals surface area contributed by atoms with Crippen molar-refractivity contribution in [2.75, 3.05) is 52.4 Å². The number of ether oxygens (including phenoxy) is 5. The molecule has 0 radical (unpaired) electrons. The summed E-state index contributed by atoms with van der Waals surface area (Å²) in [6.07, 6.45) is 0. The third-order valence-corrected chi connectivity index (χ3v) is 5.71. The number of aliphatic carboxylic acids is 1. The van der Waals surface area contributed by atoms with Crippen LogP contribution < -0.4 is 0 Å². The van der Waals surface area contributed by atoms with E-state index in [0.717, 1.165) is 4.90 Å². The predicted octanol–water partition coefficient (Wildman–Crippen LogP) is 4.08. The molecule has 0 aliphatic rings. The van der Waals surface area contributed by atoms with E-state index in [1.807, 2.05) is 13.8 Å². The van der Waals surface area contributed by atoms with Crippen LogP contribution in [0.5, 0.6) is 0 Å². The average Bonchev–Trinajstić information content (AvgIpc) is 2.85. The van der Waals surface area contributed by atoms with Crippen molar-refractivity contribution in [3.05, 3.63) is 0 Å². The van der Waals surface area contributed by atoms with Crippen molar-refractivity contribution in [2.45, 2.75) is 152 Å². The van der Waals surface area contributed by atoms with Crippen LogP contribution in [-0.4, -0.2) is 142 Å². The molecule has 0 amide bonds. The molecule has 0 aromatic carbocycles. The minimum absolute atomic E-state index is 0.00818. The Morgan fingerprint density at radius 2 is 0.673 bits per heavy atom. The third kappa shape index (κ3) is 28.3. The minimum atomic E-state index is -1.51. The van der Waals surface area contributed by atoms with Crippen molar-refractivity contribution in [3.63, 3.8) is 0 Å². The fourth-order valence-corrected chi connectivity index (χ4v) is 4.35. The van der Waals surface area contributed by atoms with E-state index >= 15 is 0 Å². The summed E-state index contributed by atoms with van der Waals surface area (Å²) in [4.78, 5) is 81.3. The molecule has 15 heteroatoms. The summed E-state index contributed by atoms with van der Waals surface area (Å²) in [5.41, 5.74) is -4.21. The Morgan fingerprint density at radius 1 is 0.442 bits per heavy atom. The monoisotopic (exact) mass is 747 g/mol. The van der Waals surface area contributed by atoms with Crippen molar-refractivity contribution in [1.29, 1.82) is 0 Å². The van der Waals surface area contributed by atoms with Gasteiger partial charge >= 0.3 is 35.8 Å². The number of rotatable bonds is 17. The zero-order chi connectivity index (χ0) is 41.5. The highest BCUT2D eigenvalue weighted by molar-refractivity contribution is 5.80. The van der Waals surface area contributed by atoms with Crippen molar-refractivity contribution in [2.24, 2.45) is 0 Å². The van der Waals surface area contributed by atoms with Gasteiger partial charge in [0.2, 0.25) is 0 Å². The van der Waals surface area contributed by atoms with E-state index < -0.39 is 83.0 Å². The quantitative estimate of drug-likeness (QED) is 0.166. The first-order valence-electron chi connectivity index (χ1n) is 17.7. The zero-order valence-corrected chi connectivity index (χ0v) is 35.0. The second-order valence-corrected chi connectivity index (χ2v) is 17.1. The van der Waals surface area contributed by atoms with E-state index in [0.29, 0.717) is 0 Å². The highest BCUT2D eigenvalue weighted by atomic mass is 16.6. The van der Waals surface area contributed by atoms with Crippen LogP contribution >= 0.6 is 0 Å². The number of esters is 5. The Kier molecular flexibility index (Phi) is 20.9. The van der Waals surface area contributed by atoms with Gasteiger partial charge in [-0.3, -0.25) is 43.5 Å². The van der Waals surface area contributed by atoms with Crippen LogP contribution in [0, 0.1) is 0 Å². The standard InChI is InChI=1S/C35H63N3O12.C2H6/c1-31(2,3)46-25(39)19-36(16-17-37(20-26(40)47-32(4,5)6)21-27(41)48-33(7,8)9)18-24(30(44)45)38(22-28(42)49-34(10,11)12)23-29(43)50-35(13,14)15;1-2/h24H,16-23H2,1-15H3,(H,44,45);1-2H3/t24-;/m1./s1. The van der Waals surface area contributed by atoms with Gasteiger partial charge in [0.1, 0.15) is 34.0 Å². The van der Waals surface area contributed by atoms with Crippen LogP contribution in [0.1, 0.15) is 118 Å². The lowest BCUT2D eigenvalue weighted by atomic mass is 10.1. The molecule has 0 unspecified atom stereocenters. The van der Waals surface area contributed by atoms with Crippen LogP contribution in [0.3, 0.4) is 0 Å². The number of carbonyl (C=O) groups is 6. The molecule has 0 aliphatic heterocycles. The molecule has 0 saturated carbocycles. The van der Waals surface area contributed by atoms with E-state index in [9.17, 15) is 33.9 Å². The van der Waals surface area contributed by atoms with Crippen molar-refractivity contribution >= 4 is 35.8 Å². The van der Waals surface area contributed by atoms with Gasteiger partial charge in [0.15, 0.2) is 0 Å². The predicted molar refractivity (Wildman–Crippen MR) is 196 cm³/mol. The van der Waals surface area contributed by atoms with Gasteiger partial charge in [0.25, 0.3) is 0 Å². The lowest BCUT2D eigenvalue weighted by Gasteiger charge is -2.34. The second-order valence-electron chi connectivity index (χ2n) is 17.1. The Morgan fingerprint density at radius 3 is 0.923 bits per heavy atom. The molecule has 15 nitrogen and oxygen atoms in total. The Labute approximate surface area is 311 Å². The Hall–Kier alpha value is -3.30. The number of hydrogen-bond acceptors (Lipinski definition) is 14. The van der Waals surface area contributed by atoms with Gasteiger partial charge in [-0.05, 0) is 104 Å². The topological polar surface area (TPSA) is 179 Å². The van der Waals surface area contributed by atoms with Gasteiger partial charge in [0, 0.05) is 19.6 Å². The van der Waals surface area contributed by atoms with Crippen LogP contribution in [0.4, 0.5) is 0 Å². The van der Waals surface area contributed by atoms with Gasteiger partial charge in [-0.1, -0.05) is 13.8 Å². The highest BCUT2D eigenvalue weighted by Gasteiger charge is 2.35. The number of carbonyl (C=O) groups excluding carboxylic acids is 5. The normalized spacial score (nSPS) is 13.2. The summed E-state index contributed by atoms with van der Waals surface area (Å²) in [5.74, 6) is -4.81. The largest absolute Gasteiger partial charge is 0.480 e. The number of carboxylic acids is 1. The molecule has 52 heavy (non-hydrogen) atoms. The average molecular weight is 748 g/mol. The van der Waals surface area contributed by atoms with Crippen molar-refractivity contribution < 1.29 is 57.6 Å². The van der Waals surface area contributed by atoms with Gasteiger partial charge in [-0.15, -0.1) is 0 Å². The minimum Gasteiger partial charge on any atom is -0.480 e. The van der Waals surface area contributed by atoms with Crippen molar-refractivity contribution in [3.8, 4) is 0 Å². The van der Waals surface area contributed by atoms with Gasteiger partial charge in [0.05, 0.1) is 32.7 Å². The number of carboxylic acid groups (broad SMARTS) is 1. The number of nitrogens with zero attached hydrogens (tertiary/aromatic N) is 3. The van der Waals surface area contributed by atoms with Gasteiger partial charge < -0.3 is 28.8 Å². The summed E-state index contributed by atoms with van der Waals surface area (Å²) >= 11 is 0. The lowest BCUT2D eigenvalue weighted by Crippen LogP contribution is -2.55. The first-order chi connectivity index (χ1) is 23.2. The van der Waals surface area contributed by atoms with Gasteiger partial charge in [-0.2, -0.15) is 0 Å². The van der Waals surface area contributed by atoms with E-state index in [1.165, 1.54) is 9.80 Å². The van der Waals surface area contributed by atoms with Crippen molar-refractivity contribution in [1.82, 2.24) is 14.7 Å². The maximum Gasteiger partial charge on any atom is 0.322 e. The van der Waals surface area contributed by atoms with E-state index in [4.69, 9.17) is 23.7 Å². The first-order valence-corrected chi connectivity index (χ1v) is 17.7. The molecule has 0 rings (SSSR count). The molecule has 0 bridgehead atoms. The SMILES string of the molecule is CC.CC(C)(C)OC(=O)CN(CCN(CC(=O)OC(C)(C)C)C[C@H](C(=O)O)N(CC(=O)OC(C)(C)C)CC(=O)OC(C)(C)C)CC(=O)OC(C)(C)C. The molecular weight excluding hydrogens is 678 g/mol. The summed E-state index contributed by atoms with van der Waals surface area (Å²) in [7, 11) is 0. The molecule has 0 heterocycles. The fraction of sp³-hybridized carbons (Fsp3) is 0.838. The molecule has 0 fully saturated rings. The first kappa shape index (κ1) is 50.8. The van der Waals surface area contributed by atoms with Crippen LogP contribution in [0.2, 0.25) is 0 Å². The zero-order valence-electron chi connectivity index (χ0n) is 35.0. The van der Waals surface area contributed by atoms with E-state index in [2.05, 4.69) is 0 Å². The van der Waals surface area contributed by atoms with Crippen LogP contribution in [0.15, 0.2) is 0 Å². The molecule has 0 aromatic rings. The van der Waals surface area contributed by atoms with Crippen LogP contribution in [-0.2, 0) is 52.5 Å². The molecule has 0 spiro atoms. The molecule has 0 saturated heterocycles. The summed E-state index contributed by atoms with van der Waals surface area (Å²) in [6, 6.07) is -1.51. The molecular formula is C37H69N3O12. The maximum atomic E-state index is 13.0. The summed E-state index contributed by atoms with van der Waals surface area (Å²) in [5, 5.41) is 10.4. The van der Waals surface area contributed by atoms with Crippen LogP contribution in [0.25, 0.3) is 0 Å². The number of hydrogen-bond donors (Lipinski definition) is 1. The Balaban J connectivity index is 0. The van der Waals surface area contributed by atoms with E-state index in [-0.39, 0.29) is 39.3 Å². The lowest BCUT2D eigenvalue weighted by molar-refractivity contribution is -0.165. The third-order valence-electron chi connectivity index (χ3n) is 5.71. The summed E-state index contributed by atoms with van der Waals surface area (Å²) in [6.45, 7) is 26.7. The molecule has 1 atom stereocenters. The van der Waals surface area contributed by atoms with E-state index in [1.54, 1.807) is 104 Å². The second kappa shape index (κ2) is 21.4.